The molecule has 0 aromatic carbocycles. The Morgan fingerprint density at radius 3 is 3.05 bits per heavy atom. The van der Waals surface area contributed by atoms with E-state index in [0.717, 1.165) is 24.3 Å². The molecule has 0 bridgehead atoms. The molecule has 7 heteroatoms. The van der Waals surface area contributed by atoms with E-state index in [-0.39, 0.29) is 24.0 Å². The Bertz CT molecular complexity index is 589. The topological polar surface area (TPSA) is 80.6 Å². The van der Waals surface area contributed by atoms with Crippen LogP contribution in [0.4, 0.5) is 0 Å². The standard InChI is InChI=1S/C13H18N6.HI/c14-13(16-10-6-7-10)15-8-3-5-12-18-17-11-4-1-2-9-19(11)12;/h1-2,4,9-10H,3,5-8H2,(H3,14,15,16);1H. The van der Waals surface area contributed by atoms with E-state index in [4.69, 9.17) is 5.73 Å². The average Bonchev–Trinajstić information content (AvgIpc) is 3.14. The van der Waals surface area contributed by atoms with Crippen LogP contribution >= 0.6 is 24.0 Å². The third-order valence-corrected chi connectivity index (χ3v) is 3.15. The average molecular weight is 386 g/mol. The first-order chi connectivity index (χ1) is 9.33. The van der Waals surface area contributed by atoms with Crippen molar-refractivity contribution in [2.45, 2.75) is 31.7 Å². The van der Waals surface area contributed by atoms with Crippen molar-refractivity contribution in [3.63, 3.8) is 0 Å². The molecule has 0 radical (unpaired) electrons. The molecule has 1 aliphatic rings. The number of hydrogen-bond acceptors (Lipinski definition) is 3. The van der Waals surface area contributed by atoms with Crippen LogP contribution in [-0.4, -0.2) is 33.1 Å². The molecule has 1 aliphatic carbocycles. The lowest BCUT2D eigenvalue weighted by atomic mass is 10.3. The van der Waals surface area contributed by atoms with Crippen LogP contribution in [0.3, 0.4) is 0 Å². The number of aliphatic imine (C=N–C) groups is 1. The van der Waals surface area contributed by atoms with Gasteiger partial charge in [-0.05, 0) is 31.4 Å². The molecule has 2 aromatic rings. The lowest BCUT2D eigenvalue weighted by Gasteiger charge is -2.02. The molecule has 2 aromatic heterocycles. The Morgan fingerprint density at radius 2 is 2.25 bits per heavy atom. The quantitative estimate of drug-likeness (QED) is 0.352. The zero-order valence-electron chi connectivity index (χ0n) is 11.2. The molecule has 3 rings (SSSR count). The number of guanidine groups is 1. The number of pyridine rings is 1. The van der Waals surface area contributed by atoms with Crippen molar-refractivity contribution in [3.05, 3.63) is 30.2 Å². The first-order valence-electron chi connectivity index (χ1n) is 6.68. The molecule has 1 saturated carbocycles. The van der Waals surface area contributed by atoms with Gasteiger partial charge in [-0.1, -0.05) is 6.07 Å². The summed E-state index contributed by atoms with van der Waals surface area (Å²) in [6.07, 6.45) is 6.18. The number of nitrogens with one attached hydrogen (secondary N) is 1. The van der Waals surface area contributed by atoms with Gasteiger partial charge in [0.1, 0.15) is 5.82 Å². The molecule has 0 amide bonds. The maximum absolute atomic E-state index is 5.77. The highest BCUT2D eigenvalue weighted by Gasteiger charge is 2.21. The number of nitrogens with two attached hydrogens (primary N) is 1. The highest BCUT2D eigenvalue weighted by atomic mass is 127. The molecule has 20 heavy (non-hydrogen) atoms. The summed E-state index contributed by atoms with van der Waals surface area (Å²) < 4.78 is 2.01. The molecule has 0 saturated heterocycles. The predicted octanol–water partition coefficient (Wildman–Crippen LogP) is 1.35. The monoisotopic (exact) mass is 386 g/mol. The SMILES string of the molecule is I.NC(=NCCCc1nnc2ccccn12)NC1CC1. The van der Waals surface area contributed by atoms with Crippen LogP contribution in [0.2, 0.25) is 0 Å². The van der Waals surface area contributed by atoms with Crippen molar-refractivity contribution in [1.82, 2.24) is 19.9 Å². The molecule has 1 fully saturated rings. The van der Waals surface area contributed by atoms with Crippen LogP contribution in [-0.2, 0) is 6.42 Å². The van der Waals surface area contributed by atoms with Gasteiger partial charge in [0.05, 0.1) is 0 Å². The summed E-state index contributed by atoms with van der Waals surface area (Å²) in [6, 6.07) is 6.45. The van der Waals surface area contributed by atoms with E-state index in [1.807, 2.05) is 28.8 Å². The highest BCUT2D eigenvalue weighted by Crippen LogP contribution is 2.17. The third kappa shape index (κ3) is 3.81. The number of aromatic nitrogens is 3. The second kappa shape index (κ2) is 6.87. The summed E-state index contributed by atoms with van der Waals surface area (Å²) in [7, 11) is 0. The number of nitrogens with zero attached hydrogens (tertiary/aromatic N) is 4. The zero-order chi connectivity index (χ0) is 13.1. The highest BCUT2D eigenvalue weighted by molar-refractivity contribution is 14.0. The van der Waals surface area contributed by atoms with Gasteiger partial charge >= 0.3 is 0 Å². The third-order valence-electron chi connectivity index (χ3n) is 3.15. The summed E-state index contributed by atoms with van der Waals surface area (Å²) in [5, 5.41) is 11.5. The van der Waals surface area contributed by atoms with E-state index in [0.29, 0.717) is 18.5 Å². The van der Waals surface area contributed by atoms with E-state index < -0.39 is 0 Å². The zero-order valence-corrected chi connectivity index (χ0v) is 13.5. The van der Waals surface area contributed by atoms with Crippen LogP contribution in [0.1, 0.15) is 25.1 Å². The van der Waals surface area contributed by atoms with Crippen LogP contribution in [0.15, 0.2) is 29.4 Å². The minimum absolute atomic E-state index is 0. The van der Waals surface area contributed by atoms with Gasteiger partial charge in [0, 0.05) is 25.2 Å². The number of hydrogen-bond donors (Lipinski definition) is 2. The van der Waals surface area contributed by atoms with Gasteiger partial charge in [0.15, 0.2) is 11.6 Å². The largest absolute Gasteiger partial charge is 0.370 e. The van der Waals surface area contributed by atoms with Gasteiger partial charge in [-0.25, -0.2) is 0 Å². The van der Waals surface area contributed by atoms with Crippen LogP contribution in [0.5, 0.6) is 0 Å². The Balaban J connectivity index is 0.00000147. The molecule has 6 nitrogen and oxygen atoms in total. The Hall–Kier alpha value is -1.38. The Labute approximate surface area is 134 Å². The maximum atomic E-state index is 5.77. The lowest BCUT2D eigenvalue weighted by molar-refractivity contribution is 0.763. The fraction of sp³-hybridized carbons (Fsp3) is 0.462. The number of halogens is 1. The fourth-order valence-electron chi connectivity index (χ4n) is 1.98. The first kappa shape index (κ1) is 15.0. The Kier molecular flexibility index (Phi) is 5.16. The van der Waals surface area contributed by atoms with Crippen LogP contribution < -0.4 is 11.1 Å². The molecule has 0 unspecified atom stereocenters. The van der Waals surface area contributed by atoms with Gasteiger partial charge in [-0.2, -0.15) is 0 Å². The van der Waals surface area contributed by atoms with Gasteiger partial charge in [0.2, 0.25) is 0 Å². The van der Waals surface area contributed by atoms with Crippen molar-refractivity contribution in [2.24, 2.45) is 10.7 Å². The van der Waals surface area contributed by atoms with Crippen molar-refractivity contribution in [1.29, 1.82) is 0 Å². The minimum Gasteiger partial charge on any atom is -0.370 e. The normalized spacial score (nSPS) is 15.1. The van der Waals surface area contributed by atoms with Crippen molar-refractivity contribution in [2.75, 3.05) is 6.54 Å². The summed E-state index contributed by atoms with van der Waals surface area (Å²) >= 11 is 0. The second-order valence-corrected chi connectivity index (χ2v) is 4.83. The smallest absolute Gasteiger partial charge is 0.188 e. The Morgan fingerprint density at radius 1 is 1.40 bits per heavy atom. The molecule has 3 N–H and O–H groups in total. The van der Waals surface area contributed by atoms with E-state index in [2.05, 4.69) is 20.5 Å². The molecule has 108 valence electrons. The maximum Gasteiger partial charge on any atom is 0.188 e. The predicted molar refractivity (Wildman–Crippen MR) is 89.4 cm³/mol. The van der Waals surface area contributed by atoms with Crippen molar-refractivity contribution >= 4 is 35.6 Å². The molecule has 2 heterocycles. The van der Waals surface area contributed by atoms with Crippen molar-refractivity contribution < 1.29 is 0 Å². The summed E-state index contributed by atoms with van der Waals surface area (Å²) in [4.78, 5) is 4.31. The van der Waals surface area contributed by atoms with Crippen LogP contribution in [0, 0.1) is 0 Å². The molecule has 0 spiro atoms. The number of fused-ring (bicyclic) bond motifs is 1. The molecular formula is C13H19IN6. The van der Waals surface area contributed by atoms with Gasteiger partial charge in [0.25, 0.3) is 0 Å². The fourth-order valence-corrected chi connectivity index (χ4v) is 1.98. The number of rotatable bonds is 5. The molecule has 0 atom stereocenters. The van der Waals surface area contributed by atoms with E-state index >= 15 is 0 Å². The van der Waals surface area contributed by atoms with E-state index in [1.54, 1.807) is 0 Å². The number of aryl methyl sites for hydroxylation is 1. The summed E-state index contributed by atoms with van der Waals surface area (Å²) in [6.45, 7) is 0.716. The van der Waals surface area contributed by atoms with Gasteiger partial charge < -0.3 is 11.1 Å². The minimum atomic E-state index is 0. The molecule has 0 aliphatic heterocycles. The van der Waals surface area contributed by atoms with Gasteiger partial charge in [-0.3, -0.25) is 9.39 Å². The van der Waals surface area contributed by atoms with Crippen molar-refractivity contribution in [3.8, 4) is 0 Å². The van der Waals surface area contributed by atoms with E-state index in [9.17, 15) is 0 Å². The second-order valence-electron chi connectivity index (χ2n) is 4.83. The summed E-state index contributed by atoms with van der Waals surface area (Å²) in [5.41, 5.74) is 6.66. The molecular weight excluding hydrogens is 367 g/mol. The van der Waals surface area contributed by atoms with Crippen LogP contribution in [0.25, 0.3) is 5.65 Å². The van der Waals surface area contributed by atoms with E-state index in [1.165, 1.54) is 12.8 Å². The summed E-state index contributed by atoms with van der Waals surface area (Å²) in [5.74, 6) is 1.54. The first-order valence-corrected chi connectivity index (χ1v) is 6.68. The van der Waals surface area contributed by atoms with Gasteiger partial charge in [-0.15, -0.1) is 34.2 Å². The lowest BCUT2D eigenvalue weighted by Crippen LogP contribution is -2.33.